The molecular weight excluding hydrogens is 460 g/mol. The number of rotatable bonds is 8. The third-order valence-electron chi connectivity index (χ3n) is 7.23. The number of fused-ring (bicyclic) bond motifs is 1. The van der Waals surface area contributed by atoms with Gasteiger partial charge in [0.05, 0.1) is 5.75 Å². The molecule has 1 aromatic carbocycles. The maximum absolute atomic E-state index is 11.7. The van der Waals surface area contributed by atoms with E-state index in [1.807, 2.05) is 12.3 Å². The van der Waals surface area contributed by atoms with Gasteiger partial charge in [0.1, 0.15) is 15.0 Å². The van der Waals surface area contributed by atoms with Gasteiger partial charge in [-0.05, 0) is 61.0 Å². The van der Waals surface area contributed by atoms with E-state index >= 15 is 0 Å². The highest BCUT2D eigenvalue weighted by molar-refractivity contribution is 7.90. The predicted molar refractivity (Wildman–Crippen MR) is 138 cm³/mol. The fourth-order valence-electron chi connectivity index (χ4n) is 4.12. The lowest BCUT2D eigenvalue weighted by Crippen LogP contribution is -2.57. The number of pyridine rings is 1. The van der Waals surface area contributed by atoms with Gasteiger partial charge in [0.25, 0.3) is 0 Å². The maximum Gasteiger partial charge on any atom is 0.191 e. The van der Waals surface area contributed by atoms with E-state index in [4.69, 9.17) is 16.0 Å². The Morgan fingerprint density at radius 2 is 1.94 bits per heavy atom. The Hall–Kier alpha value is -1.15. The Kier molecular flexibility index (Phi) is 7.35. The van der Waals surface area contributed by atoms with Crippen molar-refractivity contribution in [1.82, 2.24) is 4.98 Å². The average molecular weight is 497 g/mol. The lowest BCUT2D eigenvalue weighted by molar-refractivity contribution is 0.282. The van der Waals surface area contributed by atoms with Crippen LogP contribution >= 0.6 is 11.6 Å². The number of hydrogen-bond donors (Lipinski definition) is 0. The molecule has 178 valence electrons. The first-order valence-electron chi connectivity index (χ1n) is 11.3. The van der Waals surface area contributed by atoms with Crippen molar-refractivity contribution in [3.05, 3.63) is 35.1 Å². The average Bonchev–Trinajstić information content (AvgIpc) is 2.66. The molecule has 0 bridgehead atoms. The van der Waals surface area contributed by atoms with Gasteiger partial charge in [0.15, 0.2) is 8.32 Å². The highest BCUT2D eigenvalue weighted by Crippen LogP contribution is 2.39. The third kappa shape index (κ3) is 5.66. The molecule has 2 aromatic rings. The van der Waals surface area contributed by atoms with E-state index in [0.717, 1.165) is 42.5 Å². The van der Waals surface area contributed by atoms with Crippen LogP contribution in [0.2, 0.25) is 23.3 Å². The molecule has 1 aliphatic heterocycles. The topological polar surface area (TPSA) is 59.5 Å². The molecule has 1 aromatic heterocycles. The van der Waals surface area contributed by atoms with Crippen LogP contribution in [-0.4, -0.2) is 52.9 Å². The van der Waals surface area contributed by atoms with Gasteiger partial charge in [0.2, 0.25) is 0 Å². The fraction of sp³-hybridized carbons (Fsp3) is 0.625. The lowest BCUT2D eigenvalue weighted by Gasteiger charge is -2.48. The van der Waals surface area contributed by atoms with Gasteiger partial charge in [-0.3, -0.25) is 0 Å². The van der Waals surface area contributed by atoms with Crippen molar-refractivity contribution >= 4 is 46.2 Å². The van der Waals surface area contributed by atoms with Crippen molar-refractivity contribution in [2.24, 2.45) is 5.92 Å². The normalized spacial score (nSPS) is 19.9. The van der Waals surface area contributed by atoms with Crippen LogP contribution in [0.5, 0.6) is 0 Å². The molecule has 3 rings (SSSR count). The number of sulfone groups is 1. The van der Waals surface area contributed by atoms with Crippen LogP contribution in [0.4, 0.5) is 5.69 Å². The molecule has 1 saturated heterocycles. The molecule has 1 aliphatic rings. The van der Waals surface area contributed by atoms with Crippen LogP contribution < -0.4 is 4.90 Å². The second kappa shape index (κ2) is 9.24. The van der Waals surface area contributed by atoms with E-state index < -0.39 is 18.2 Å². The molecule has 0 amide bonds. The summed E-state index contributed by atoms with van der Waals surface area (Å²) >= 11 is 6.26. The summed E-state index contributed by atoms with van der Waals surface area (Å²) in [5, 5.41) is 2.89. The molecule has 32 heavy (non-hydrogen) atoms. The van der Waals surface area contributed by atoms with E-state index in [1.54, 1.807) is 0 Å². The predicted octanol–water partition coefficient (Wildman–Crippen LogP) is 5.71. The number of benzene rings is 1. The summed E-state index contributed by atoms with van der Waals surface area (Å²) in [6, 6.07) is 6.45. The third-order valence-corrected chi connectivity index (χ3v) is 13.0. The standard InChI is InChI=1S/C24H37ClN2O3SSi/c1-17-19(16-31(5,28)29)15-27(17)22-11-10-18(20-13-23(25)26-14-21(20)22)9-8-12-30-32(6,7)24(2,3)4/h10-11,13-14,17,19H,8-9,12,15-16H2,1-7H3/t17-,19-/m1/s1. The molecule has 0 saturated carbocycles. The van der Waals surface area contributed by atoms with E-state index in [9.17, 15) is 8.42 Å². The van der Waals surface area contributed by atoms with Crippen LogP contribution in [0.25, 0.3) is 10.8 Å². The Bertz CT molecular complexity index is 1080. The van der Waals surface area contributed by atoms with Gasteiger partial charge in [0, 0.05) is 48.6 Å². The van der Waals surface area contributed by atoms with Crippen molar-refractivity contribution in [1.29, 1.82) is 0 Å². The molecule has 0 unspecified atom stereocenters. The molecule has 8 heteroatoms. The van der Waals surface area contributed by atoms with Gasteiger partial charge >= 0.3 is 0 Å². The minimum atomic E-state index is -2.98. The molecule has 1 fully saturated rings. The first-order valence-corrected chi connectivity index (χ1v) is 16.7. The second-order valence-corrected chi connectivity index (χ2v) is 18.1. The Balaban J connectivity index is 1.76. The van der Waals surface area contributed by atoms with Crippen molar-refractivity contribution in [3.8, 4) is 0 Å². The highest BCUT2D eigenvalue weighted by Gasteiger charge is 2.38. The Morgan fingerprint density at radius 3 is 2.53 bits per heavy atom. The fourth-order valence-corrected chi connectivity index (χ4v) is 6.53. The number of anilines is 1. The van der Waals surface area contributed by atoms with Gasteiger partial charge in [-0.25, -0.2) is 13.4 Å². The van der Waals surface area contributed by atoms with Crippen molar-refractivity contribution in [2.75, 3.05) is 30.1 Å². The number of hydrogen-bond acceptors (Lipinski definition) is 5. The smallest absolute Gasteiger partial charge is 0.191 e. The van der Waals surface area contributed by atoms with E-state index in [2.05, 4.69) is 62.8 Å². The molecule has 2 heterocycles. The molecule has 0 spiro atoms. The minimum Gasteiger partial charge on any atom is -0.417 e. The van der Waals surface area contributed by atoms with E-state index in [0.29, 0.717) is 5.15 Å². The van der Waals surface area contributed by atoms with Gasteiger partial charge < -0.3 is 9.33 Å². The summed E-state index contributed by atoms with van der Waals surface area (Å²) in [6.07, 6.45) is 5.03. The summed E-state index contributed by atoms with van der Waals surface area (Å²) in [5.41, 5.74) is 2.34. The zero-order valence-corrected chi connectivity index (χ0v) is 23.0. The highest BCUT2D eigenvalue weighted by atomic mass is 35.5. The van der Waals surface area contributed by atoms with Gasteiger partial charge in [-0.1, -0.05) is 38.4 Å². The molecule has 0 aliphatic carbocycles. The van der Waals surface area contributed by atoms with Crippen LogP contribution in [-0.2, 0) is 20.7 Å². The lowest BCUT2D eigenvalue weighted by atomic mass is 9.89. The van der Waals surface area contributed by atoms with E-state index in [1.165, 1.54) is 11.8 Å². The quantitative estimate of drug-likeness (QED) is 0.266. The molecular formula is C24H37ClN2O3SSi. The Labute approximate surface area is 199 Å². The number of aryl methyl sites for hydroxylation is 1. The first-order chi connectivity index (χ1) is 14.7. The van der Waals surface area contributed by atoms with Crippen LogP contribution in [0.1, 0.15) is 39.7 Å². The summed E-state index contributed by atoms with van der Waals surface area (Å²) in [7, 11) is -4.71. The van der Waals surface area contributed by atoms with Crippen LogP contribution in [0.3, 0.4) is 0 Å². The summed E-state index contributed by atoms with van der Waals surface area (Å²) in [4.78, 5) is 6.61. The van der Waals surface area contributed by atoms with Crippen LogP contribution in [0, 0.1) is 5.92 Å². The monoisotopic (exact) mass is 496 g/mol. The van der Waals surface area contributed by atoms with Crippen molar-refractivity contribution < 1.29 is 12.8 Å². The van der Waals surface area contributed by atoms with Crippen LogP contribution in [0.15, 0.2) is 24.4 Å². The zero-order valence-electron chi connectivity index (χ0n) is 20.4. The number of nitrogens with zero attached hydrogens (tertiary/aromatic N) is 2. The molecule has 5 nitrogen and oxygen atoms in total. The molecule has 2 atom stereocenters. The maximum atomic E-state index is 11.7. The van der Waals surface area contributed by atoms with E-state index in [-0.39, 0.29) is 22.8 Å². The minimum absolute atomic E-state index is 0.160. The largest absolute Gasteiger partial charge is 0.417 e. The second-order valence-electron chi connectivity index (χ2n) is 10.8. The summed E-state index contributed by atoms with van der Waals surface area (Å²) < 4.78 is 29.8. The Morgan fingerprint density at radius 1 is 1.25 bits per heavy atom. The number of halogens is 1. The summed E-state index contributed by atoms with van der Waals surface area (Å²) in [6.45, 7) is 15.0. The van der Waals surface area contributed by atoms with Gasteiger partial charge in [-0.15, -0.1) is 0 Å². The number of aromatic nitrogens is 1. The van der Waals surface area contributed by atoms with Crippen molar-refractivity contribution in [2.45, 2.75) is 64.7 Å². The first kappa shape index (κ1) is 25.5. The molecule has 0 N–H and O–H groups in total. The SMILES string of the molecule is C[C@@H]1[C@@H](CS(C)(=O)=O)CN1c1ccc(CCCO[Si](C)(C)C(C)(C)C)c2cc(Cl)ncc12. The molecule has 0 radical (unpaired) electrons. The van der Waals surface area contributed by atoms with Crippen molar-refractivity contribution in [3.63, 3.8) is 0 Å². The van der Waals surface area contributed by atoms with Gasteiger partial charge in [-0.2, -0.15) is 0 Å². The zero-order chi connectivity index (χ0) is 23.9. The summed E-state index contributed by atoms with van der Waals surface area (Å²) in [5.74, 6) is 0.395.